The van der Waals surface area contributed by atoms with E-state index >= 15 is 0 Å². The molecule has 1 heterocycles. The number of methoxy groups -OCH3 is 2. The summed E-state index contributed by atoms with van der Waals surface area (Å²) in [6, 6.07) is 13.3. The summed E-state index contributed by atoms with van der Waals surface area (Å²) < 4.78 is 10.3. The predicted octanol–water partition coefficient (Wildman–Crippen LogP) is 3.94. The Morgan fingerprint density at radius 2 is 1.85 bits per heavy atom. The van der Waals surface area contributed by atoms with Crippen LogP contribution in [0.5, 0.6) is 11.5 Å². The van der Waals surface area contributed by atoms with Crippen molar-refractivity contribution in [3.63, 3.8) is 0 Å². The molecule has 0 saturated heterocycles. The highest BCUT2D eigenvalue weighted by molar-refractivity contribution is 6.32. The van der Waals surface area contributed by atoms with E-state index in [0.29, 0.717) is 29.1 Å². The lowest BCUT2D eigenvalue weighted by Crippen LogP contribution is -2.09. The van der Waals surface area contributed by atoms with E-state index in [-0.39, 0.29) is 0 Å². The maximum Gasteiger partial charge on any atom is 0.244 e. The summed E-state index contributed by atoms with van der Waals surface area (Å²) in [5.41, 5.74) is 1.98. The third-order valence-corrected chi connectivity index (χ3v) is 4.13. The molecule has 7 nitrogen and oxygen atoms in total. The number of benzene rings is 2. The van der Waals surface area contributed by atoms with E-state index in [1.807, 2.05) is 30.3 Å². The minimum atomic E-state index is 0.452. The van der Waals surface area contributed by atoms with Crippen LogP contribution in [0.4, 0.5) is 17.5 Å². The number of hydrogen-bond acceptors (Lipinski definition) is 7. The molecule has 0 radical (unpaired) electrons. The van der Waals surface area contributed by atoms with Crippen LogP contribution in [0.2, 0.25) is 5.02 Å². The Morgan fingerprint density at radius 1 is 1.04 bits per heavy atom. The van der Waals surface area contributed by atoms with Crippen molar-refractivity contribution in [3.05, 3.63) is 59.2 Å². The quantitative estimate of drug-likeness (QED) is 0.607. The van der Waals surface area contributed by atoms with Crippen LogP contribution in [-0.2, 0) is 6.42 Å². The Hall–Kier alpha value is -3.06. The maximum absolute atomic E-state index is 6.14. The Balaban J connectivity index is 1.57. The monoisotopic (exact) mass is 385 g/mol. The average molecular weight is 386 g/mol. The van der Waals surface area contributed by atoms with Crippen molar-refractivity contribution in [2.24, 2.45) is 0 Å². The zero-order valence-corrected chi connectivity index (χ0v) is 15.8. The van der Waals surface area contributed by atoms with Gasteiger partial charge in [0, 0.05) is 12.2 Å². The smallest absolute Gasteiger partial charge is 0.244 e. The molecule has 1 aromatic heterocycles. The van der Waals surface area contributed by atoms with Gasteiger partial charge in [-0.1, -0.05) is 23.7 Å². The van der Waals surface area contributed by atoms with Crippen molar-refractivity contribution >= 4 is 29.1 Å². The normalized spacial score (nSPS) is 10.3. The van der Waals surface area contributed by atoms with Gasteiger partial charge in [-0.15, -0.1) is 5.10 Å². The molecule has 0 amide bonds. The Labute approximate surface area is 162 Å². The van der Waals surface area contributed by atoms with Crippen LogP contribution in [0.3, 0.4) is 0 Å². The molecule has 0 aliphatic carbocycles. The standard InChI is InChI=1S/C19H20ClN5O2/c1-26-15-6-3-13(4-7-15)9-10-21-19-24-18(12-22-25-19)23-14-5-8-17(27-2)16(20)11-14/h3-8,11-12H,9-10H2,1-2H3,(H2,21,23,24,25). The molecule has 0 atom stereocenters. The highest BCUT2D eigenvalue weighted by Gasteiger charge is 2.05. The summed E-state index contributed by atoms with van der Waals surface area (Å²) in [6.45, 7) is 0.686. The number of halogens is 1. The van der Waals surface area contributed by atoms with Crippen molar-refractivity contribution < 1.29 is 9.47 Å². The first-order chi connectivity index (χ1) is 13.2. The van der Waals surface area contributed by atoms with E-state index in [1.165, 1.54) is 5.56 Å². The van der Waals surface area contributed by atoms with Crippen LogP contribution in [-0.4, -0.2) is 35.9 Å². The first kappa shape index (κ1) is 18.7. The van der Waals surface area contributed by atoms with E-state index in [9.17, 15) is 0 Å². The minimum absolute atomic E-state index is 0.452. The molecule has 0 saturated carbocycles. The lowest BCUT2D eigenvalue weighted by molar-refractivity contribution is 0.414. The summed E-state index contributed by atoms with van der Waals surface area (Å²) in [5.74, 6) is 2.48. The zero-order chi connectivity index (χ0) is 19.1. The SMILES string of the molecule is COc1ccc(CCNc2nncc(Nc3ccc(OC)c(Cl)c3)n2)cc1. The van der Waals surface area contributed by atoms with E-state index in [4.69, 9.17) is 21.1 Å². The fourth-order valence-corrected chi connectivity index (χ4v) is 2.70. The molecule has 0 aliphatic heterocycles. The second-order valence-corrected chi connectivity index (χ2v) is 6.07. The predicted molar refractivity (Wildman–Crippen MR) is 106 cm³/mol. The molecular formula is C19H20ClN5O2. The number of nitrogens with zero attached hydrogens (tertiary/aromatic N) is 3. The van der Waals surface area contributed by atoms with E-state index < -0.39 is 0 Å². The van der Waals surface area contributed by atoms with Gasteiger partial charge in [0.2, 0.25) is 5.95 Å². The molecular weight excluding hydrogens is 366 g/mol. The van der Waals surface area contributed by atoms with Crippen LogP contribution in [0.15, 0.2) is 48.7 Å². The van der Waals surface area contributed by atoms with Gasteiger partial charge in [-0.3, -0.25) is 0 Å². The van der Waals surface area contributed by atoms with Gasteiger partial charge in [0.1, 0.15) is 11.5 Å². The Bertz CT molecular complexity index is 890. The molecule has 8 heteroatoms. The molecule has 0 aliphatic rings. The fourth-order valence-electron chi connectivity index (χ4n) is 2.44. The number of ether oxygens (including phenoxy) is 2. The summed E-state index contributed by atoms with van der Waals surface area (Å²) in [6.07, 6.45) is 2.38. The highest BCUT2D eigenvalue weighted by atomic mass is 35.5. The zero-order valence-electron chi connectivity index (χ0n) is 15.1. The van der Waals surface area contributed by atoms with Gasteiger partial charge in [-0.2, -0.15) is 10.1 Å². The van der Waals surface area contributed by atoms with Crippen LogP contribution in [0.25, 0.3) is 0 Å². The molecule has 140 valence electrons. The number of rotatable bonds is 8. The van der Waals surface area contributed by atoms with Crippen molar-refractivity contribution in [2.45, 2.75) is 6.42 Å². The van der Waals surface area contributed by atoms with Crippen molar-refractivity contribution in [2.75, 3.05) is 31.4 Å². The van der Waals surface area contributed by atoms with Crippen LogP contribution >= 0.6 is 11.6 Å². The molecule has 27 heavy (non-hydrogen) atoms. The maximum atomic E-state index is 6.14. The lowest BCUT2D eigenvalue weighted by atomic mass is 10.1. The van der Waals surface area contributed by atoms with Crippen molar-refractivity contribution in [1.29, 1.82) is 0 Å². The number of nitrogens with one attached hydrogen (secondary N) is 2. The van der Waals surface area contributed by atoms with Gasteiger partial charge < -0.3 is 20.1 Å². The average Bonchev–Trinajstić information content (AvgIpc) is 2.69. The van der Waals surface area contributed by atoms with Gasteiger partial charge >= 0.3 is 0 Å². The topological polar surface area (TPSA) is 81.2 Å². The fraction of sp³-hybridized carbons (Fsp3) is 0.211. The third kappa shape index (κ3) is 5.21. The largest absolute Gasteiger partial charge is 0.497 e. The molecule has 3 aromatic rings. The number of aromatic nitrogens is 3. The van der Waals surface area contributed by atoms with Gasteiger partial charge in [0.15, 0.2) is 5.82 Å². The highest BCUT2D eigenvalue weighted by Crippen LogP contribution is 2.28. The molecule has 2 N–H and O–H groups in total. The van der Waals surface area contributed by atoms with Gasteiger partial charge in [-0.25, -0.2) is 0 Å². The van der Waals surface area contributed by atoms with E-state index in [0.717, 1.165) is 17.9 Å². The van der Waals surface area contributed by atoms with E-state index in [1.54, 1.807) is 32.5 Å². The number of anilines is 3. The second kappa shape index (κ2) is 9.05. The van der Waals surface area contributed by atoms with Gasteiger partial charge in [-0.05, 0) is 42.3 Å². The first-order valence-electron chi connectivity index (χ1n) is 8.35. The first-order valence-corrected chi connectivity index (χ1v) is 8.73. The lowest BCUT2D eigenvalue weighted by Gasteiger charge is -2.09. The van der Waals surface area contributed by atoms with Crippen molar-refractivity contribution in [1.82, 2.24) is 15.2 Å². The summed E-state index contributed by atoms with van der Waals surface area (Å²) >= 11 is 6.14. The molecule has 3 rings (SSSR count). The Morgan fingerprint density at radius 3 is 2.56 bits per heavy atom. The Kier molecular flexibility index (Phi) is 6.27. The molecule has 0 fully saturated rings. The molecule has 0 spiro atoms. The van der Waals surface area contributed by atoms with Crippen LogP contribution < -0.4 is 20.1 Å². The van der Waals surface area contributed by atoms with Crippen LogP contribution in [0, 0.1) is 0 Å². The van der Waals surface area contributed by atoms with Crippen LogP contribution in [0.1, 0.15) is 5.56 Å². The third-order valence-electron chi connectivity index (χ3n) is 3.84. The summed E-state index contributed by atoms with van der Waals surface area (Å²) in [5, 5.41) is 14.8. The summed E-state index contributed by atoms with van der Waals surface area (Å²) in [7, 11) is 3.23. The van der Waals surface area contributed by atoms with E-state index in [2.05, 4.69) is 25.8 Å². The number of hydrogen-bond donors (Lipinski definition) is 2. The molecule has 2 aromatic carbocycles. The van der Waals surface area contributed by atoms with Gasteiger partial charge in [0.25, 0.3) is 0 Å². The summed E-state index contributed by atoms with van der Waals surface area (Å²) in [4.78, 5) is 4.41. The minimum Gasteiger partial charge on any atom is -0.497 e. The molecule has 0 unspecified atom stereocenters. The molecule has 0 bridgehead atoms. The van der Waals surface area contributed by atoms with Gasteiger partial charge in [0.05, 0.1) is 25.4 Å². The van der Waals surface area contributed by atoms with Crippen molar-refractivity contribution in [3.8, 4) is 11.5 Å². The second-order valence-electron chi connectivity index (χ2n) is 5.66.